The standard InChI is InChI=1S/C82H155NO5/c1-3-5-7-9-11-13-15-17-19-21-23-39-42-46-50-54-58-62-66-70-74-80(85)79(78-84)83-81(86)75-71-67-63-59-55-51-47-43-40-37-35-33-31-29-27-25-24-26-28-30-32-34-36-38-41-45-49-53-57-61-65-69-73-77-88-82(87)76-72-68-64-60-56-52-48-44-22-20-18-16-14-12-10-8-6-4-2/h20,22,28,30,34,36,70,74,79-80,84-85H,3-19,21,23-27,29,31-33,35,37-69,71-73,75-78H2,1-2H3,(H,83,86)/b22-20-,30-28-,36-34-,74-70+. The smallest absolute Gasteiger partial charge is 0.305 e. The number of aliphatic hydroxyl groups excluding tert-OH is 2. The Morgan fingerprint density at radius 2 is 0.568 bits per heavy atom. The van der Waals surface area contributed by atoms with Crippen LogP contribution in [-0.2, 0) is 14.3 Å². The fourth-order valence-corrected chi connectivity index (χ4v) is 12.5. The minimum atomic E-state index is -0.845. The number of ether oxygens (including phenoxy) is 1. The van der Waals surface area contributed by atoms with E-state index in [2.05, 4.69) is 55.6 Å². The Balaban J connectivity index is 3.39. The summed E-state index contributed by atoms with van der Waals surface area (Å²) in [6.07, 6.45) is 102. The summed E-state index contributed by atoms with van der Waals surface area (Å²) in [7, 11) is 0. The maximum absolute atomic E-state index is 12.5. The number of carbonyl (C=O) groups is 2. The molecule has 518 valence electrons. The molecule has 0 spiro atoms. The summed E-state index contributed by atoms with van der Waals surface area (Å²) >= 11 is 0. The van der Waals surface area contributed by atoms with Gasteiger partial charge in [-0.2, -0.15) is 0 Å². The van der Waals surface area contributed by atoms with Gasteiger partial charge in [-0.05, 0) is 89.9 Å². The number of nitrogens with one attached hydrogen (secondary N) is 1. The quantitative estimate of drug-likeness (QED) is 0.0320. The summed E-state index contributed by atoms with van der Waals surface area (Å²) < 4.78 is 5.51. The van der Waals surface area contributed by atoms with Crippen molar-refractivity contribution in [1.29, 1.82) is 0 Å². The van der Waals surface area contributed by atoms with Crippen molar-refractivity contribution in [3.8, 4) is 0 Å². The highest BCUT2D eigenvalue weighted by Gasteiger charge is 2.18. The molecule has 0 rings (SSSR count). The largest absolute Gasteiger partial charge is 0.466 e. The van der Waals surface area contributed by atoms with E-state index >= 15 is 0 Å². The second-order valence-corrected chi connectivity index (χ2v) is 27.4. The van der Waals surface area contributed by atoms with Crippen LogP contribution < -0.4 is 5.32 Å². The van der Waals surface area contributed by atoms with Crippen LogP contribution in [0.2, 0.25) is 0 Å². The van der Waals surface area contributed by atoms with E-state index < -0.39 is 12.1 Å². The third-order valence-corrected chi connectivity index (χ3v) is 18.6. The first kappa shape index (κ1) is 85.8. The van der Waals surface area contributed by atoms with Crippen molar-refractivity contribution >= 4 is 11.9 Å². The molecule has 6 nitrogen and oxygen atoms in total. The van der Waals surface area contributed by atoms with E-state index in [0.717, 1.165) is 51.4 Å². The molecule has 88 heavy (non-hydrogen) atoms. The molecule has 0 bridgehead atoms. The van der Waals surface area contributed by atoms with Gasteiger partial charge in [0.1, 0.15) is 0 Å². The van der Waals surface area contributed by atoms with Crippen LogP contribution >= 0.6 is 0 Å². The van der Waals surface area contributed by atoms with Crippen LogP contribution in [0.3, 0.4) is 0 Å². The lowest BCUT2D eigenvalue weighted by Gasteiger charge is -2.20. The Morgan fingerprint density at radius 3 is 0.875 bits per heavy atom. The summed E-state index contributed by atoms with van der Waals surface area (Å²) in [6, 6.07) is -0.628. The van der Waals surface area contributed by atoms with Crippen molar-refractivity contribution in [1.82, 2.24) is 5.32 Å². The molecule has 0 aliphatic rings. The Bertz CT molecular complexity index is 1470. The van der Waals surface area contributed by atoms with Crippen LogP contribution in [0.4, 0.5) is 0 Å². The summed E-state index contributed by atoms with van der Waals surface area (Å²) in [5.41, 5.74) is 0. The number of esters is 1. The SMILES string of the molecule is CCCCCCCCC/C=C\CCCCCCCCCC(=O)OCCCCCCCCCCC/C=C\C/C=C\CCCCCCCCCCCCCCCCCCCC(=O)NC(CO)C(O)/C=C/CCCCCCCCCCCCCCCCCCCC. The number of amides is 1. The van der Waals surface area contributed by atoms with Crippen LogP contribution in [0.15, 0.2) is 48.6 Å². The molecule has 2 unspecified atom stereocenters. The number of hydrogen-bond acceptors (Lipinski definition) is 5. The van der Waals surface area contributed by atoms with Crippen LogP contribution in [0.5, 0.6) is 0 Å². The summed E-state index contributed by atoms with van der Waals surface area (Å²) in [5, 5.41) is 23.3. The molecular weight excluding hydrogens is 1080 g/mol. The first-order valence-electron chi connectivity index (χ1n) is 39.9. The van der Waals surface area contributed by atoms with Gasteiger partial charge >= 0.3 is 5.97 Å². The van der Waals surface area contributed by atoms with E-state index in [1.165, 1.54) is 360 Å². The van der Waals surface area contributed by atoms with Gasteiger partial charge in [-0.1, -0.05) is 383 Å². The second kappa shape index (κ2) is 77.3. The van der Waals surface area contributed by atoms with E-state index in [1.54, 1.807) is 6.08 Å². The van der Waals surface area contributed by atoms with Gasteiger partial charge in [0, 0.05) is 12.8 Å². The Kier molecular flexibility index (Phi) is 75.4. The minimum absolute atomic E-state index is 0.0116. The van der Waals surface area contributed by atoms with Gasteiger partial charge in [-0.25, -0.2) is 0 Å². The molecule has 0 aromatic heterocycles. The first-order valence-corrected chi connectivity index (χ1v) is 39.9. The molecule has 0 saturated carbocycles. The van der Waals surface area contributed by atoms with Crippen molar-refractivity contribution in [2.45, 2.75) is 450 Å². The molecule has 0 aliphatic carbocycles. The van der Waals surface area contributed by atoms with Crippen molar-refractivity contribution in [2.75, 3.05) is 13.2 Å². The molecule has 0 radical (unpaired) electrons. The zero-order valence-electron chi connectivity index (χ0n) is 59.5. The Morgan fingerprint density at radius 1 is 0.318 bits per heavy atom. The van der Waals surface area contributed by atoms with Crippen molar-refractivity contribution < 1.29 is 24.5 Å². The molecule has 1 amide bonds. The molecule has 0 aromatic carbocycles. The van der Waals surface area contributed by atoms with E-state index in [9.17, 15) is 19.8 Å². The monoisotopic (exact) mass is 1230 g/mol. The molecule has 2 atom stereocenters. The minimum Gasteiger partial charge on any atom is -0.466 e. The lowest BCUT2D eigenvalue weighted by molar-refractivity contribution is -0.143. The van der Waals surface area contributed by atoms with Gasteiger partial charge in [0.2, 0.25) is 5.91 Å². The number of hydrogen-bond donors (Lipinski definition) is 3. The van der Waals surface area contributed by atoms with Crippen molar-refractivity contribution in [3.05, 3.63) is 48.6 Å². The third-order valence-electron chi connectivity index (χ3n) is 18.6. The van der Waals surface area contributed by atoms with Crippen LogP contribution in [-0.4, -0.2) is 47.4 Å². The maximum Gasteiger partial charge on any atom is 0.305 e. The molecule has 6 heteroatoms. The summed E-state index contributed by atoms with van der Waals surface area (Å²) in [4.78, 5) is 24.7. The van der Waals surface area contributed by atoms with Gasteiger partial charge < -0.3 is 20.3 Å². The average molecular weight is 1240 g/mol. The fourth-order valence-electron chi connectivity index (χ4n) is 12.5. The Hall–Kier alpha value is -2.18. The van der Waals surface area contributed by atoms with Crippen LogP contribution in [0.1, 0.15) is 438 Å². The third kappa shape index (κ3) is 72.9. The zero-order chi connectivity index (χ0) is 63.5. The van der Waals surface area contributed by atoms with Crippen LogP contribution in [0.25, 0.3) is 0 Å². The first-order chi connectivity index (χ1) is 43.5. The molecule has 3 N–H and O–H groups in total. The Labute approximate surface area is 550 Å². The zero-order valence-corrected chi connectivity index (χ0v) is 59.5. The van der Waals surface area contributed by atoms with E-state index in [-0.39, 0.29) is 18.5 Å². The number of carbonyl (C=O) groups excluding carboxylic acids is 2. The topological polar surface area (TPSA) is 95.9 Å². The van der Waals surface area contributed by atoms with E-state index in [0.29, 0.717) is 19.4 Å². The summed E-state index contributed by atoms with van der Waals surface area (Å²) in [6.45, 7) is 4.94. The number of aliphatic hydroxyl groups is 2. The molecule has 0 aliphatic heterocycles. The van der Waals surface area contributed by atoms with Gasteiger partial charge in [0.05, 0.1) is 25.4 Å². The highest BCUT2D eigenvalue weighted by Crippen LogP contribution is 2.19. The fraction of sp³-hybridized carbons (Fsp3) is 0.878. The molecule has 0 heterocycles. The maximum atomic E-state index is 12.5. The highest BCUT2D eigenvalue weighted by atomic mass is 16.5. The predicted octanol–water partition coefficient (Wildman–Crippen LogP) is 26.4. The van der Waals surface area contributed by atoms with Gasteiger partial charge in [0.25, 0.3) is 0 Å². The lowest BCUT2D eigenvalue weighted by atomic mass is 10.0. The normalized spacial score (nSPS) is 12.7. The lowest BCUT2D eigenvalue weighted by Crippen LogP contribution is -2.45. The van der Waals surface area contributed by atoms with Crippen LogP contribution in [0, 0.1) is 0 Å². The number of unbranched alkanes of at least 4 members (excludes halogenated alkanes) is 58. The number of rotatable bonds is 75. The summed E-state index contributed by atoms with van der Waals surface area (Å²) in [5.74, 6) is -0.0507. The molecule has 0 aromatic rings. The number of allylic oxidation sites excluding steroid dienone is 7. The predicted molar refractivity (Wildman–Crippen MR) is 389 cm³/mol. The van der Waals surface area contributed by atoms with Gasteiger partial charge in [-0.3, -0.25) is 9.59 Å². The van der Waals surface area contributed by atoms with E-state index in [4.69, 9.17) is 4.74 Å². The average Bonchev–Trinajstić information content (AvgIpc) is 3.58. The van der Waals surface area contributed by atoms with Gasteiger partial charge in [0.15, 0.2) is 0 Å². The molecule has 0 saturated heterocycles. The molecule has 0 fully saturated rings. The van der Waals surface area contributed by atoms with Gasteiger partial charge in [-0.15, -0.1) is 0 Å². The van der Waals surface area contributed by atoms with E-state index in [1.807, 2.05) is 6.08 Å². The van der Waals surface area contributed by atoms with Crippen molar-refractivity contribution in [2.24, 2.45) is 0 Å². The highest BCUT2D eigenvalue weighted by molar-refractivity contribution is 5.76. The molecular formula is C82H155NO5. The van der Waals surface area contributed by atoms with Crippen molar-refractivity contribution in [3.63, 3.8) is 0 Å². The second-order valence-electron chi connectivity index (χ2n) is 27.4.